The lowest BCUT2D eigenvalue weighted by molar-refractivity contribution is -0.115. The minimum atomic E-state index is -1.03. The Morgan fingerprint density at radius 2 is 1.95 bits per heavy atom. The van der Waals surface area contributed by atoms with E-state index in [9.17, 15) is 13.4 Å². The number of anilines is 1. The molecule has 0 spiro atoms. The molecule has 0 aliphatic heterocycles. The third-order valence-electron chi connectivity index (χ3n) is 3.00. The first-order chi connectivity index (χ1) is 10.5. The molecule has 0 saturated heterocycles. The number of halogens is 2. The number of amides is 1. The van der Waals surface area contributed by atoms with Crippen molar-refractivity contribution in [3.05, 3.63) is 64.4 Å². The topological polar surface area (TPSA) is 46.2 Å². The highest BCUT2D eigenvalue weighted by Gasteiger charge is 2.10. The molecule has 22 heavy (non-hydrogen) atoms. The van der Waals surface area contributed by atoms with Gasteiger partial charge in [-0.05, 0) is 35.4 Å². The van der Waals surface area contributed by atoms with Gasteiger partial charge >= 0.3 is 0 Å². The zero-order valence-corrected chi connectivity index (χ0v) is 13.5. The maximum Gasteiger partial charge on any atom is 0.228 e. The fourth-order valence-corrected chi connectivity index (χ4v) is 2.94. The van der Waals surface area contributed by atoms with Crippen molar-refractivity contribution in [2.75, 3.05) is 11.6 Å². The summed E-state index contributed by atoms with van der Waals surface area (Å²) in [6, 6.07) is 11.1. The Morgan fingerprint density at radius 3 is 2.64 bits per heavy atom. The van der Waals surface area contributed by atoms with Crippen LogP contribution >= 0.6 is 11.6 Å². The van der Waals surface area contributed by atoms with Gasteiger partial charge in [-0.25, -0.2) is 4.39 Å². The monoisotopic (exact) mass is 339 g/mol. The molecule has 0 aromatic heterocycles. The summed E-state index contributed by atoms with van der Waals surface area (Å²) in [5.41, 5.74) is 1.58. The number of nitrogens with one attached hydrogen (secondary N) is 1. The van der Waals surface area contributed by atoms with Gasteiger partial charge in [-0.1, -0.05) is 29.8 Å². The van der Waals surface area contributed by atoms with Gasteiger partial charge in [0.1, 0.15) is 5.82 Å². The van der Waals surface area contributed by atoms with Crippen LogP contribution in [-0.2, 0) is 27.8 Å². The van der Waals surface area contributed by atoms with E-state index in [1.807, 2.05) is 0 Å². The quantitative estimate of drug-likeness (QED) is 0.905. The van der Waals surface area contributed by atoms with Gasteiger partial charge in [-0.2, -0.15) is 0 Å². The van der Waals surface area contributed by atoms with Crippen molar-refractivity contribution in [3.63, 3.8) is 0 Å². The highest BCUT2D eigenvalue weighted by molar-refractivity contribution is 7.83. The normalized spacial score (nSPS) is 12.0. The second-order valence-corrected chi connectivity index (χ2v) is 6.68. The highest BCUT2D eigenvalue weighted by Crippen LogP contribution is 2.22. The minimum Gasteiger partial charge on any atom is -0.326 e. The van der Waals surface area contributed by atoms with Crippen LogP contribution in [0.3, 0.4) is 0 Å². The number of carbonyl (C=O) groups is 1. The van der Waals surface area contributed by atoms with Crippen LogP contribution in [0.2, 0.25) is 5.02 Å². The zero-order chi connectivity index (χ0) is 16.1. The largest absolute Gasteiger partial charge is 0.326 e. The van der Waals surface area contributed by atoms with Crippen LogP contribution in [0.4, 0.5) is 10.1 Å². The molecule has 0 bridgehead atoms. The number of hydrogen-bond acceptors (Lipinski definition) is 2. The summed E-state index contributed by atoms with van der Waals surface area (Å²) >= 11 is 6.03. The van der Waals surface area contributed by atoms with Crippen LogP contribution in [-0.4, -0.2) is 16.4 Å². The highest BCUT2D eigenvalue weighted by atomic mass is 35.5. The molecule has 1 amide bonds. The SMILES string of the molecule is C[S@](=O)Cc1cc(NC(=O)Cc2ccccc2F)ccc1Cl. The van der Waals surface area contributed by atoms with Crippen LogP contribution in [0.25, 0.3) is 0 Å². The average molecular weight is 340 g/mol. The van der Waals surface area contributed by atoms with E-state index in [2.05, 4.69) is 5.32 Å². The molecule has 0 unspecified atom stereocenters. The molecule has 6 heteroatoms. The van der Waals surface area contributed by atoms with Gasteiger partial charge in [0, 0.05) is 33.5 Å². The van der Waals surface area contributed by atoms with E-state index in [0.717, 1.165) is 0 Å². The molecule has 2 aromatic carbocycles. The second kappa shape index (κ2) is 7.51. The molecular formula is C16H15ClFNO2S. The van der Waals surface area contributed by atoms with E-state index >= 15 is 0 Å². The average Bonchev–Trinajstić information content (AvgIpc) is 2.44. The lowest BCUT2D eigenvalue weighted by Crippen LogP contribution is -2.15. The Balaban J connectivity index is 2.08. The van der Waals surface area contributed by atoms with Crippen molar-refractivity contribution >= 4 is 34.0 Å². The zero-order valence-electron chi connectivity index (χ0n) is 11.9. The van der Waals surface area contributed by atoms with Gasteiger partial charge in [0.25, 0.3) is 0 Å². The van der Waals surface area contributed by atoms with Crippen LogP contribution in [0.1, 0.15) is 11.1 Å². The maximum atomic E-state index is 13.5. The maximum absolute atomic E-state index is 13.5. The molecule has 0 heterocycles. The van der Waals surface area contributed by atoms with E-state index in [0.29, 0.717) is 27.6 Å². The van der Waals surface area contributed by atoms with Crippen molar-refractivity contribution < 1.29 is 13.4 Å². The fourth-order valence-electron chi connectivity index (χ4n) is 2.00. The van der Waals surface area contributed by atoms with Crippen molar-refractivity contribution in [2.24, 2.45) is 0 Å². The Hall–Kier alpha value is -1.72. The van der Waals surface area contributed by atoms with Crippen molar-refractivity contribution in [1.29, 1.82) is 0 Å². The smallest absolute Gasteiger partial charge is 0.228 e. The molecule has 2 aromatic rings. The summed E-state index contributed by atoms with van der Waals surface area (Å²) in [7, 11) is -1.03. The van der Waals surface area contributed by atoms with Gasteiger partial charge in [0.2, 0.25) is 5.91 Å². The van der Waals surface area contributed by atoms with Crippen LogP contribution < -0.4 is 5.32 Å². The van der Waals surface area contributed by atoms with Gasteiger partial charge in [-0.15, -0.1) is 0 Å². The summed E-state index contributed by atoms with van der Waals surface area (Å²) in [6.45, 7) is 0. The summed E-state index contributed by atoms with van der Waals surface area (Å²) in [5, 5.41) is 3.20. The predicted molar refractivity (Wildman–Crippen MR) is 88.0 cm³/mol. The molecule has 3 nitrogen and oxygen atoms in total. The molecule has 1 N–H and O–H groups in total. The Kier molecular flexibility index (Phi) is 5.69. The van der Waals surface area contributed by atoms with E-state index in [1.54, 1.807) is 42.7 Å². The molecule has 1 atom stereocenters. The van der Waals surface area contributed by atoms with Crippen LogP contribution in [0, 0.1) is 5.82 Å². The predicted octanol–water partition coefficient (Wildman–Crippen LogP) is 3.54. The number of carbonyl (C=O) groups excluding carboxylic acids is 1. The number of benzene rings is 2. The van der Waals surface area contributed by atoms with Gasteiger partial charge < -0.3 is 5.32 Å². The molecule has 2 rings (SSSR count). The van der Waals surface area contributed by atoms with Crippen LogP contribution in [0.5, 0.6) is 0 Å². The van der Waals surface area contributed by atoms with Gasteiger partial charge in [-0.3, -0.25) is 9.00 Å². The van der Waals surface area contributed by atoms with Crippen molar-refractivity contribution in [2.45, 2.75) is 12.2 Å². The summed E-state index contributed by atoms with van der Waals surface area (Å²) in [5.74, 6) is -0.414. The first-order valence-electron chi connectivity index (χ1n) is 6.57. The Bertz CT molecular complexity index is 721. The van der Waals surface area contributed by atoms with Crippen molar-refractivity contribution in [3.8, 4) is 0 Å². The third kappa shape index (κ3) is 4.64. The van der Waals surface area contributed by atoms with Crippen molar-refractivity contribution in [1.82, 2.24) is 0 Å². The summed E-state index contributed by atoms with van der Waals surface area (Å²) in [4.78, 5) is 12.0. The van der Waals surface area contributed by atoms with Gasteiger partial charge in [0.05, 0.1) is 6.42 Å². The fraction of sp³-hybridized carbons (Fsp3) is 0.188. The molecule has 0 aliphatic carbocycles. The molecular weight excluding hydrogens is 325 g/mol. The second-order valence-electron chi connectivity index (χ2n) is 4.84. The third-order valence-corrected chi connectivity index (χ3v) is 4.08. The van der Waals surface area contributed by atoms with Gasteiger partial charge in [0.15, 0.2) is 0 Å². The summed E-state index contributed by atoms with van der Waals surface area (Å²) < 4.78 is 24.8. The van der Waals surface area contributed by atoms with E-state index in [1.165, 1.54) is 6.07 Å². The minimum absolute atomic E-state index is 0.0512. The lowest BCUT2D eigenvalue weighted by Gasteiger charge is -2.09. The van der Waals surface area contributed by atoms with Crippen LogP contribution in [0.15, 0.2) is 42.5 Å². The molecule has 0 aliphatic rings. The summed E-state index contributed by atoms with van der Waals surface area (Å²) in [6.07, 6.45) is 1.53. The molecule has 0 radical (unpaired) electrons. The van der Waals surface area contributed by atoms with E-state index in [4.69, 9.17) is 11.6 Å². The molecule has 0 fully saturated rings. The number of hydrogen-bond donors (Lipinski definition) is 1. The molecule has 0 saturated carbocycles. The van der Waals surface area contributed by atoms with E-state index in [-0.39, 0.29) is 12.3 Å². The first kappa shape index (κ1) is 16.6. The lowest BCUT2D eigenvalue weighted by atomic mass is 10.1. The molecule has 116 valence electrons. The first-order valence-corrected chi connectivity index (χ1v) is 8.68. The number of rotatable bonds is 5. The van der Waals surface area contributed by atoms with E-state index < -0.39 is 16.6 Å². The standard InChI is InChI=1S/C16H15ClFNO2S/c1-22(21)10-12-8-13(6-7-14(12)17)19-16(20)9-11-4-2-3-5-15(11)18/h2-8H,9-10H2,1H3,(H,19,20)/t22-/m0/s1. The Labute approximate surface area is 136 Å². The Morgan fingerprint density at radius 1 is 1.23 bits per heavy atom.